The summed E-state index contributed by atoms with van der Waals surface area (Å²) in [7, 11) is 0. The molecule has 4 N–H and O–H groups in total. The maximum atomic E-state index is 10.9. The first kappa shape index (κ1) is 7.91. The van der Waals surface area contributed by atoms with Gasteiger partial charge in [-0.3, -0.25) is 0 Å². The van der Waals surface area contributed by atoms with E-state index >= 15 is 0 Å². The molecule has 0 unspecified atom stereocenters. The van der Waals surface area contributed by atoms with Crippen molar-refractivity contribution in [2.45, 2.75) is 6.42 Å². The average Bonchev–Trinajstić information content (AvgIpc) is 2.50. The maximum Gasteiger partial charge on any atom is 0.338 e. The molecule has 68 valence electrons. The zero-order valence-corrected chi connectivity index (χ0v) is 7.00. The molecule has 1 aliphatic heterocycles. The standard InChI is InChI=1S/C9H10N2O2/c10-6-1-2-7-5(3-4-11-7)8(6)9(12)13/h1-2,11H,3-4,10H2,(H,12,13). The molecule has 0 bridgehead atoms. The van der Waals surface area contributed by atoms with Gasteiger partial charge in [-0.15, -0.1) is 0 Å². The van der Waals surface area contributed by atoms with Crippen LogP contribution in [0.5, 0.6) is 0 Å². The molecular formula is C9H10N2O2. The van der Waals surface area contributed by atoms with Crippen molar-refractivity contribution in [2.24, 2.45) is 0 Å². The van der Waals surface area contributed by atoms with E-state index in [0.29, 0.717) is 5.69 Å². The van der Waals surface area contributed by atoms with Crippen molar-refractivity contribution in [3.8, 4) is 0 Å². The zero-order chi connectivity index (χ0) is 9.42. The van der Waals surface area contributed by atoms with E-state index in [1.54, 1.807) is 6.07 Å². The third kappa shape index (κ3) is 1.11. The van der Waals surface area contributed by atoms with Gasteiger partial charge in [0.2, 0.25) is 0 Å². The molecule has 0 fully saturated rings. The Morgan fingerprint density at radius 3 is 3.00 bits per heavy atom. The van der Waals surface area contributed by atoms with Gasteiger partial charge < -0.3 is 16.2 Å². The predicted octanol–water partition coefficient (Wildman–Crippen LogP) is 0.935. The van der Waals surface area contributed by atoms with Crippen molar-refractivity contribution < 1.29 is 9.90 Å². The maximum absolute atomic E-state index is 10.9. The van der Waals surface area contributed by atoms with Crippen LogP contribution in [0.4, 0.5) is 11.4 Å². The number of hydrogen-bond acceptors (Lipinski definition) is 3. The SMILES string of the molecule is Nc1ccc2c(c1C(=O)O)CCN2. The summed E-state index contributed by atoms with van der Waals surface area (Å²) in [6, 6.07) is 3.45. The Morgan fingerprint density at radius 2 is 2.31 bits per heavy atom. The molecule has 0 saturated heterocycles. The molecule has 0 spiro atoms. The number of nitrogen functional groups attached to an aromatic ring is 1. The number of nitrogens with one attached hydrogen (secondary N) is 1. The minimum Gasteiger partial charge on any atom is -0.478 e. The first-order valence-corrected chi connectivity index (χ1v) is 4.08. The molecule has 0 amide bonds. The molecule has 4 nitrogen and oxygen atoms in total. The van der Waals surface area contributed by atoms with E-state index in [4.69, 9.17) is 10.8 Å². The summed E-state index contributed by atoms with van der Waals surface area (Å²) >= 11 is 0. The van der Waals surface area contributed by atoms with Crippen LogP contribution in [0.3, 0.4) is 0 Å². The number of benzene rings is 1. The van der Waals surface area contributed by atoms with Crippen LogP contribution in [0.25, 0.3) is 0 Å². The van der Waals surface area contributed by atoms with Crippen LogP contribution in [0, 0.1) is 0 Å². The zero-order valence-electron chi connectivity index (χ0n) is 7.00. The fourth-order valence-electron chi connectivity index (χ4n) is 1.67. The number of nitrogens with two attached hydrogens (primary N) is 1. The Morgan fingerprint density at radius 1 is 1.54 bits per heavy atom. The van der Waals surface area contributed by atoms with E-state index in [1.807, 2.05) is 6.07 Å². The average molecular weight is 178 g/mol. The summed E-state index contributed by atoms with van der Waals surface area (Å²) in [5, 5.41) is 12.0. The van der Waals surface area contributed by atoms with Gasteiger partial charge >= 0.3 is 5.97 Å². The van der Waals surface area contributed by atoms with E-state index in [0.717, 1.165) is 24.2 Å². The van der Waals surface area contributed by atoms with Crippen LogP contribution in [-0.2, 0) is 6.42 Å². The Hall–Kier alpha value is -1.71. The van der Waals surface area contributed by atoms with Crippen LogP contribution >= 0.6 is 0 Å². The highest BCUT2D eigenvalue weighted by Gasteiger charge is 2.20. The van der Waals surface area contributed by atoms with Crippen LogP contribution in [-0.4, -0.2) is 17.6 Å². The second kappa shape index (κ2) is 2.65. The van der Waals surface area contributed by atoms with Crippen LogP contribution in [0.2, 0.25) is 0 Å². The lowest BCUT2D eigenvalue weighted by Gasteiger charge is -2.06. The number of carboxylic acid groups (broad SMARTS) is 1. The van der Waals surface area contributed by atoms with Gasteiger partial charge in [0.05, 0.1) is 5.56 Å². The summed E-state index contributed by atoms with van der Waals surface area (Å²) in [5.74, 6) is -0.946. The lowest BCUT2D eigenvalue weighted by atomic mass is 10.0. The molecular weight excluding hydrogens is 168 g/mol. The minimum absolute atomic E-state index is 0.252. The lowest BCUT2D eigenvalue weighted by molar-refractivity contribution is 0.0697. The van der Waals surface area contributed by atoms with Crippen molar-refractivity contribution in [2.75, 3.05) is 17.6 Å². The van der Waals surface area contributed by atoms with Gasteiger partial charge in [-0.25, -0.2) is 4.79 Å². The quantitative estimate of drug-likeness (QED) is 0.559. The van der Waals surface area contributed by atoms with Crippen molar-refractivity contribution in [3.63, 3.8) is 0 Å². The summed E-state index contributed by atoms with van der Waals surface area (Å²) in [5.41, 5.74) is 7.90. The number of carbonyl (C=O) groups is 1. The molecule has 0 aromatic heterocycles. The number of carboxylic acids is 1. The molecule has 4 heteroatoms. The summed E-state index contributed by atoms with van der Waals surface area (Å²) in [6.45, 7) is 0.791. The van der Waals surface area contributed by atoms with Crippen LogP contribution in [0.15, 0.2) is 12.1 Å². The number of rotatable bonds is 1. The first-order valence-electron chi connectivity index (χ1n) is 4.08. The van der Waals surface area contributed by atoms with E-state index in [2.05, 4.69) is 5.32 Å². The van der Waals surface area contributed by atoms with E-state index in [9.17, 15) is 4.79 Å². The van der Waals surface area contributed by atoms with E-state index < -0.39 is 5.97 Å². The molecule has 0 aliphatic carbocycles. The highest BCUT2D eigenvalue weighted by atomic mass is 16.4. The van der Waals surface area contributed by atoms with Gasteiger partial charge in [0, 0.05) is 17.9 Å². The number of aromatic carboxylic acids is 1. The van der Waals surface area contributed by atoms with Gasteiger partial charge in [-0.2, -0.15) is 0 Å². The lowest BCUT2D eigenvalue weighted by Crippen LogP contribution is -2.05. The topological polar surface area (TPSA) is 75.4 Å². The molecule has 0 saturated carbocycles. The van der Waals surface area contributed by atoms with Gasteiger partial charge in [0.15, 0.2) is 0 Å². The number of hydrogen-bond donors (Lipinski definition) is 3. The number of anilines is 2. The van der Waals surface area contributed by atoms with Gasteiger partial charge in [0.25, 0.3) is 0 Å². The molecule has 1 aliphatic rings. The third-order valence-corrected chi connectivity index (χ3v) is 2.25. The van der Waals surface area contributed by atoms with Crippen molar-refractivity contribution in [1.82, 2.24) is 0 Å². The third-order valence-electron chi connectivity index (χ3n) is 2.25. The van der Waals surface area contributed by atoms with Gasteiger partial charge in [0.1, 0.15) is 0 Å². The van der Waals surface area contributed by atoms with Crippen molar-refractivity contribution >= 4 is 17.3 Å². The second-order valence-electron chi connectivity index (χ2n) is 3.04. The van der Waals surface area contributed by atoms with Crippen molar-refractivity contribution in [3.05, 3.63) is 23.3 Å². The Labute approximate surface area is 75.4 Å². The smallest absolute Gasteiger partial charge is 0.338 e. The van der Waals surface area contributed by atoms with E-state index in [1.165, 1.54) is 0 Å². The summed E-state index contributed by atoms with van der Waals surface area (Å²) in [4.78, 5) is 10.9. The first-order chi connectivity index (χ1) is 6.20. The fraction of sp³-hybridized carbons (Fsp3) is 0.222. The molecule has 0 radical (unpaired) electrons. The summed E-state index contributed by atoms with van der Waals surface area (Å²) in [6.07, 6.45) is 0.738. The molecule has 1 heterocycles. The Balaban J connectivity index is 2.65. The van der Waals surface area contributed by atoms with Crippen molar-refractivity contribution in [1.29, 1.82) is 0 Å². The molecule has 2 rings (SSSR count). The monoisotopic (exact) mass is 178 g/mol. The molecule has 1 aromatic carbocycles. The van der Waals surface area contributed by atoms with Gasteiger partial charge in [-0.1, -0.05) is 0 Å². The number of fused-ring (bicyclic) bond motifs is 1. The second-order valence-corrected chi connectivity index (χ2v) is 3.04. The van der Waals surface area contributed by atoms with E-state index in [-0.39, 0.29) is 5.56 Å². The molecule has 1 aromatic rings. The van der Waals surface area contributed by atoms with Gasteiger partial charge in [-0.05, 0) is 24.1 Å². The fourth-order valence-corrected chi connectivity index (χ4v) is 1.67. The molecule has 0 atom stereocenters. The highest BCUT2D eigenvalue weighted by Crippen LogP contribution is 2.29. The normalized spacial score (nSPS) is 13.5. The minimum atomic E-state index is -0.946. The molecule has 13 heavy (non-hydrogen) atoms. The van der Waals surface area contributed by atoms with Crippen LogP contribution in [0.1, 0.15) is 15.9 Å². The largest absolute Gasteiger partial charge is 0.478 e. The predicted molar refractivity (Wildman–Crippen MR) is 50.0 cm³/mol. The summed E-state index contributed by atoms with van der Waals surface area (Å²) < 4.78 is 0. The highest BCUT2D eigenvalue weighted by molar-refractivity contribution is 5.97. The Kier molecular flexibility index (Phi) is 1.62. The Bertz CT molecular complexity index is 374. The van der Waals surface area contributed by atoms with Crippen LogP contribution < -0.4 is 11.1 Å².